The van der Waals surface area contributed by atoms with E-state index in [1.165, 1.54) is 24.3 Å². The number of rotatable bonds is 1. The van der Waals surface area contributed by atoms with Crippen LogP contribution < -0.4 is 4.74 Å². The molecule has 1 heterocycles. The van der Waals surface area contributed by atoms with Crippen LogP contribution in [0, 0.1) is 5.82 Å². The lowest BCUT2D eigenvalue weighted by Gasteiger charge is -2.32. The third-order valence-corrected chi connectivity index (χ3v) is 3.27. The lowest BCUT2D eigenvalue weighted by molar-refractivity contribution is -0.00508. The van der Waals surface area contributed by atoms with E-state index in [1.54, 1.807) is 24.3 Å². The number of Topliss-reactive ketones (excluding diaryl/α,β-unsaturated/α-hetero) is 1. The number of aliphatic hydroxyl groups is 1. The summed E-state index contributed by atoms with van der Waals surface area (Å²) in [5.74, 6) is -0.392. The Hall–Kier alpha value is -2.20. The smallest absolute Gasteiger partial charge is 0.206 e. The van der Waals surface area contributed by atoms with Gasteiger partial charge in [0.25, 0.3) is 0 Å². The summed E-state index contributed by atoms with van der Waals surface area (Å²) < 4.78 is 18.3. The molecule has 3 rings (SSSR count). The standard InChI is InChI=1S/C15H11FO3/c16-11-7-5-10(6-8-11)15(18)9-19-13-4-2-1-3-12(13)14(15)17/h1-8,18H,9H2/t15-/m1/s1. The van der Waals surface area contributed by atoms with Gasteiger partial charge < -0.3 is 9.84 Å². The third-order valence-electron chi connectivity index (χ3n) is 3.27. The zero-order valence-electron chi connectivity index (χ0n) is 9.97. The summed E-state index contributed by atoms with van der Waals surface area (Å²) in [5, 5.41) is 10.6. The summed E-state index contributed by atoms with van der Waals surface area (Å²) in [6, 6.07) is 11.9. The fourth-order valence-corrected chi connectivity index (χ4v) is 2.19. The Morgan fingerprint density at radius 2 is 1.79 bits per heavy atom. The van der Waals surface area contributed by atoms with E-state index in [2.05, 4.69) is 0 Å². The number of ether oxygens (including phenoxy) is 1. The van der Waals surface area contributed by atoms with Gasteiger partial charge in [-0.25, -0.2) is 4.39 Å². The van der Waals surface area contributed by atoms with Crippen LogP contribution in [0.3, 0.4) is 0 Å². The van der Waals surface area contributed by atoms with Crippen molar-refractivity contribution in [3.05, 3.63) is 65.5 Å². The van der Waals surface area contributed by atoms with Gasteiger partial charge in [0.1, 0.15) is 18.2 Å². The van der Waals surface area contributed by atoms with Crippen LogP contribution in [0.15, 0.2) is 48.5 Å². The van der Waals surface area contributed by atoms with Gasteiger partial charge in [-0.2, -0.15) is 0 Å². The molecule has 19 heavy (non-hydrogen) atoms. The molecule has 0 saturated carbocycles. The average Bonchev–Trinajstić information content (AvgIpc) is 2.44. The Balaban J connectivity index is 2.07. The fraction of sp³-hybridized carbons (Fsp3) is 0.133. The molecule has 0 aliphatic carbocycles. The molecular formula is C15H11FO3. The molecule has 1 aliphatic heterocycles. The number of carbonyl (C=O) groups is 1. The summed E-state index contributed by atoms with van der Waals surface area (Å²) >= 11 is 0. The Kier molecular flexibility index (Phi) is 2.61. The summed E-state index contributed by atoms with van der Waals surface area (Å²) in [7, 11) is 0. The maximum absolute atomic E-state index is 12.9. The minimum atomic E-state index is -1.76. The molecule has 0 amide bonds. The predicted molar refractivity (Wildman–Crippen MR) is 66.6 cm³/mol. The van der Waals surface area contributed by atoms with Crippen LogP contribution in [0.1, 0.15) is 15.9 Å². The SMILES string of the molecule is O=C1c2ccccc2OC[C@@]1(O)c1ccc(F)cc1. The van der Waals surface area contributed by atoms with Gasteiger partial charge in [-0.1, -0.05) is 24.3 Å². The van der Waals surface area contributed by atoms with Gasteiger partial charge >= 0.3 is 0 Å². The van der Waals surface area contributed by atoms with Crippen molar-refractivity contribution in [1.82, 2.24) is 0 Å². The highest BCUT2D eigenvalue weighted by atomic mass is 19.1. The highest BCUT2D eigenvalue weighted by molar-refractivity contribution is 6.05. The molecule has 1 aliphatic rings. The Morgan fingerprint density at radius 3 is 2.53 bits per heavy atom. The van der Waals surface area contributed by atoms with Crippen molar-refractivity contribution >= 4 is 5.78 Å². The molecular weight excluding hydrogens is 247 g/mol. The average molecular weight is 258 g/mol. The maximum atomic E-state index is 12.9. The van der Waals surface area contributed by atoms with E-state index in [0.717, 1.165) is 0 Å². The summed E-state index contributed by atoms with van der Waals surface area (Å²) in [4.78, 5) is 12.4. The molecule has 0 fully saturated rings. The highest BCUT2D eigenvalue weighted by Crippen LogP contribution is 2.35. The summed E-state index contributed by atoms with van der Waals surface area (Å²) in [5.41, 5.74) is -1.10. The van der Waals surface area contributed by atoms with Crippen LogP contribution in [0.4, 0.5) is 4.39 Å². The molecule has 0 saturated heterocycles. The molecule has 0 bridgehead atoms. The molecule has 2 aromatic carbocycles. The van der Waals surface area contributed by atoms with E-state index >= 15 is 0 Å². The molecule has 0 radical (unpaired) electrons. The highest BCUT2D eigenvalue weighted by Gasteiger charge is 2.43. The number of ketones is 1. The topological polar surface area (TPSA) is 46.5 Å². The van der Waals surface area contributed by atoms with Gasteiger partial charge in [0.15, 0.2) is 5.60 Å². The minimum absolute atomic E-state index is 0.172. The normalized spacial score (nSPS) is 21.7. The number of hydrogen-bond acceptors (Lipinski definition) is 3. The molecule has 2 aromatic rings. The molecule has 4 heteroatoms. The second kappa shape index (κ2) is 4.17. The minimum Gasteiger partial charge on any atom is -0.489 e. The van der Waals surface area contributed by atoms with Gasteiger partial charge in [0, 0.05) is 0 Å². The number of para-hydroxylation sites is 1. The van der Waals surface area contributed by atoms with Crippen LogP contribution in [0.25, 0.3) is 0 Å². The monoisotopic (exact) mass is 258 g/mol. The first kappa shape index (κ1) is 11.9. The Bertz CT molecular complexity index is 636. The first-order valence-electron chi connectivity index (χ1n) is 5.86. The number of fused-ring (bicyclic) bond motifs is 1. The van der Waals surface area contributed by atoms with Gasteiger partial charge in [-0.3, -0.25) is 4.79 Å². The lowest BCUT2D eigenvalue weighted by Crippen LogP contribution is -2.44. The van der Waals surface area contributed by atoms with Gasteiger partial charge in [0.2, 0.25) is 5.78 Å². The van der Waals surface area contributed by atoms with Gasteiger partial charge in [-0.15, -0.1) is 0 Å². The number of benzene rings is 2. The molecule has 0 spiro atoms. The van der Waals surface area contributed by atoms with E-state index < -0.39 is 17.2 Å². The van der Waals surface area contributed by atoms with Crippen molar-refractivity contribution in [3.63, 3.8) is 0 Å². The number of halogens is 1. The quantitative estimate of drug-likeness (QED) is 0.853. The van der Waals surface area contributed by atoms with E-state index in [1.807, 2.05) is 0 Å². The van der Waals surface area contributed by atoms with Crippen molar-refractivity contribution in [3.8, 4) is 5.75 Å². The second-order valence-corrected chi connectivity index (χ2v) is 4.48. The second-order valence-electron chi connectivity index (χ2n) is 4.48. The van der Waals surface area contributed by atoms with E-state index in [-0.39, 0.29) is 6.61 Å². The van der Waals surface area contributed by atoms with Crippen LogP contribution in [0.2, 0.25) is 0 Å². The van der Waals surface area contributed by atoms with E-state index in [9.17, 15) is 14.3 Å². The van der Waals surface area contributed by atoms with Crippen LogP contribution in [-0.2, 0) is 5.60 Å². The molecule has 1 N–H and O–H groups in total. The fourth-order valence-electron chi connectivity index (χ4n) is 2.19. The Labute approximate surface area is 109 Å². The van der Waals surface area contributed by atoms with E-state index in [0.29, 0.717) is 16.9 Å². The van der Waals surface area contributed by atoms with Crippen LogP contribution in [-0.4, -0.2) is 17.5 Å². The van der Waals surface area contributed by atoms with Crippen molar-refractivity contribution < 1.29 is 19.0 Å². The molecule has 0 unspecified atom stereocenters. The zero-order chi connectivity index (χ0) is 13.5. The predicted octanol–water partition coefficient (Wildman–Crippen LogP) is 2.29. The molecule has 3 nitrogen and oxygen atoms in total. The van der Waals surface area contributed by atoms with E-state index in [4.69, 9.17) is 4.74 Å². The largest absolute Gasteiger partial charge is 0.489 e. The van der Waals surface area contributed by atoms with Crippen molar-refractivity contribution in [2.45, 2.75) is 5.60 Å². The molecule has 0 aromatic heterocycles. The lowest BCUT2D eigenvalue weighted by atomic mass is 9.84. The summed E-state index contributed by atoms with van der Waals surface area (Å²) in [6.07, 6.45) is 0. The third kappa shape index (κ3) is 1.81. The van der Waals surface area contributed by atoms with Gasteiger partial charge in [-0.05, 0) is 29.8 Å². The number of hydrogen-bond donors (Lipinski definition) is 1. The zero-order valence-corrected chi connectivity index (χ0v) is 9.97. The Morgan fingerprint density at radius 1 is 1.11 bits per heavy atom. The van der Waals surface area contributed by atoms with Gasteiger partial charge in [0.05, 0.1) is 5.56 Å². The van der Waals surface area contributed by atoms with Crippen molar-refractivity contribution in [2.24, 2.45) is 0 Å². The number of carbonyl (C=O) groups excluding carboxylic acids is 1. The maximum Gasteiger partial charge on any atom is 0.206 e. The molecule has 96 valence electrons. The van der Waals surface area contributed by atoms with Crippen LogP contribution in [0.5, 0.6) is 5.75 Å². The van der Waals surface area contributed by atoms with Crippen LogP contribution >= 0.6 is 0 Å². The van der Waals surface area contributed by atoms with Crippen molar-refractivity contribution in [2.75, 3.05) is 6.61 Å². The molecule has 1 atom stereocenters. The first-order valence-corrected chi connectivity index (χ1v) is 5.86. The first-order chi connectivity index (χ1) is 9.11. The van der Waals surface area contributed by atoms with Crippen molar-refractivity contribution in [1.29, 1.82) is 0 Å². The summed E-state index contributed by atoms with van der Waals surface area (Å²) in [6.45, 7) is -0.172.